The van der Waals surface area contributed by atoms with Crippen molar-refractivity contribution in [1.82, 2.24) is 5.32 Å². The molecule has 0 spiro atoms. The number of benzene rings is 1. The van der Waals surface area contributed by atoms with Gasteiger partial charge in [0.1, 0.15) is 17.4 Å². The molecule has 1 aromatic rings. The van der Waals surface area contributed by atoms with Crippen molar-refractivity contribution in [2.45, 2.75) is 97.4 Å². The SMILES string of the molecule is CCCCCCC/C=C\CCCCCSCC(=O)NC(CC(C)C)C(=O)Oc1ccccc1C(=O)O. The number of carboxylic acids is 1. The summed E-state index contributed by atoms with van der Waals surface area (Å²) in [7, 11) is 0. The number of carboxylic acid groups (broad SMARTS) is 1. The van der Waals surface area contributed by atoms with Crippen molar-refractivity contribution in [3.63, 3.8) is 0 Å². The van der Waals surface area contributed by atoms with Crippen molar-refractivity contribution in [1.29, 1.82) is 0 Å². The molecule has 0 aliphatic heterocycles. The lowest BCUT2D eigenvalue weighted by molar-refractivity contribution is -0.139. The Balaban J connectivity index is 2.28. The van der Waals surface area contributed by atoms with Crippen molar-refractivity contribution >= 4 is 29.6 Å². The maximum Gasteiger partial charge on any atom is 0.339 e. The molecule has 1 atom stereocenters. The Morgan fingerprint density at radius 3 is 2.25 bits per heavy atom. The third-order valence-corrected chi connectivity index (χ3v) is 6.73. The number of rotatable bonds is 20. The van der Waals surface area contributed by atoms with Gasteiger partial charge in [0, 0.05) is 0 Å². The van der Waals surface area contributed by atoms with Gasteiger partial charge in [-0.25, -0.2) is 9.59 Å². The van der Waals surface area contributed by atoms with Gasteiger partial charge in [0.25, 0.3) is 0 Å². The molecule has 6 nitrogen and oxygen atoms in total. The highest BCUT2D eigenvalue weighted by atomic mass is 32.2. The number of allylic oxidation sites excluding steroid dienone is 2. The molecule has 0 aromatic heterocycles. The fraction of sp³-hybridized carbons (Fsp3) is 0.621. The molecule has 0 aliphatic carbocycles. The van der Waals surface area contributed by atoms with Gasteiger partial charge in [-0.1, -0.05) is 77.2 Å². The molecule has 202 valence electrons. The van der Waals surface area contributed by atoms with Crippen LogP contribution in [0.2, 0.25) is 0 Å². The Hall–Kier alpha value is -2.28. The number of aromatic carboxylic acids is 1. The molecule has 1 rings (SSSR count). The van der Waals surface area contributed by atoms with E-state index in [4.69, 9.17) is 4.74 Å². The second-order valence-corrected chi connectivity index (χ2v) is 10.7. The van der Waals surface area contributed by atoms with E-state index in [9.17, 15) is 19.5 Å². The quantitative estimate of drug-likeness (QED) is 0.0831. The third kappa shape index (κ3) is 15.0. The smallest absolute Gasteiger partial charge is 0.339 e. The number of hydrogen-bond donors (Lipinski definition) is 2. The average Bonchev–Trinajstić information content (AvgIpc) is 2.83. The summed E-state index contributed by atoms with van der Waals surface area (Å²) >= 11 is 1.57. The van der Waals surface area contributed by atoms with E-state index in [2.05, 4.69) is 24.4 Å². The predicted molar refractivity (Wildman–Crippen MR) is 149 cm³/mol. The van der Waals surface area contributed by atoms with E-state index in [-0.39, 0.29) is 28.9 Å². The molecule has 1 unspecified atom stereocenters. The molecule has 0 aliphatic rings. The summed E-state index contributed by atoms with van der Waals surface area (Å²) in [4.78, 5) is 36.5. The van der Waals surface area contributed by atoms with Gasteiger partial charge in [0.2, 0.25) is 5.91 Å². The number of carbonyl (C=O) groups is 3. The Morgan fingerprint density at radius 2 is 1.61 bits per heavy atom. The maximum absolute atomic E-state index is 12.7. The molecule has 0 saturated heterocycles. The van der Waals surface area contributed by atoms with Crippen LogP contribution in [0.3, 0.4) is 0 Å². The molecule has 0 saturated carbocycles. The minimum atomic E-state index is -1.17. The van der Waals surface area contributed by atoms with E-state index in [0.717, 1.165) is 25.0 Å². The fourth-order valence-electron chi connectivity index (χ4n) is 3.74. The van der Waals surface area contributed by atoms with Crippen LogP contribution in [-0.2, 0) is 9.59 Å². The summed E-state index contributed by atoms with van der Waals surface area (Å²) in [5.41, 5.74) is -0.0890. The van der Waals surface area contributed by atoms with Crippen molar-refractivity contribution in [2.75, 3.05) is 11.5 Å². The van der Waals surface area contributed by atoms with Gasteiger partial charge in [-0.05, 0) is 62.3 Å². The number of unbranched alkanes of at least 4 members (excludes halogenated alkanes) is 8. The molecule has 36 heavy (non-hydrogen) atoms. The summed E-state index contributed by atoms with van der Waals surface area (Å²) in [6.07, 6.45) is 17.3. The van der Waals surface area contributed by atoms with Gasteiger partial charge >= 0.3 is 11.9 Å². The first-order valence-corrected chi connectivity index (χ1v) is 14.6. The highest BCUT2D eigenvalue weighted by Gasteiger charge is 2.25. The number of ether oxygens (including phenoxy) is 1. The zero-order valence-electron chi connectivity index (χ0n) is 22.3. The molecule has 0 radical (unpaired) electrons. The van der Waals surface area contributed by atoms with Crippen LogP contribution in [0, 0.1) is 5.92 Å². The summed E-state index contributed by atoms with van der Waals surface area (Å²) in [6.45, 7) is 6.15. The lowest BCUT2D eigenvalue weighted by Crippen LogP contribution is -2.44. The topological polar surface area (TPSA) is 92.7 Å². The second-order valence-electron chi connectivity index (χ2n) is 9.55. The summed E-state index contributed by atoms with van der Waals surface area (Å²) in [5.74, 6) is -0.714. The van der Waals surface area contributed by atoms with Crippen LogP contribution in [0.5, 0.6) is 5.75 Å². The first-order chi connectivity index (χ1) is 17.3. The van der Waals surface area contributed by atoms with E-state index < -0.39 is 18.0 Å². The minimum Gasteiger partial charge on any atom is -0.478 e. The van der Waals surface area contributed by atoms with E-state index >= 15 is 0 Å². The average molecular weight is 520 g/mol. The number of thioether (sulfide) groups is 1. The highest BCUT2D eigenvalue weighted by molar-refractivity contribution is 7.99. The van der Waals surface area contributed by atoms with Crippen molar-refractivity contribution in [2.24, 2.45) is 5.92 Å². The van der Waals surface area contributed by atoms with Crippen LogP contribution in [-0.4, -0.2) is 40.5 Å². The Bertz CT molecular complexity index is 809. The molecule has 1 aromatic carbocycles. The van der Waals surface area contributed by atoms with Crippen LogP contribution < -0.4 is 10.1 Å². The molecule has 1 amide bonds. The van der Waals surface area contributed by atoms with E-state index in [1.165, 1.54) is 57.1 Å². The monoisotopic (exact) mass is 519 g/mol. The van der Waals surface area contributed by atoms with Crippen molar-refractivity contribution in [3.05, 3.63) is 42.0 Å². The first-order valence-electron chi connectivity index (χ1n) is 13.4. The van der Waals surface area contributed by atoms with Gasteiger partial charge in [-0.2, -0.15) is 11.8 Å². The van der Waals surface area contributed by atoms with Crippen molar-refractivity contribution < 1.29 is 24.2 Å². The van der Waals surface area contributed by atoms with Crippen molar-refractivity contribution in [3.8, 4) is 5.75 Å². The minimum absolute atomic E-state index is 0.0193. The molecular weight excluding hydrogens is 474 g/mol. The molecule has 0 bridgehead atoms. The number of carbonyl (C=O) groups excluding carboxylic acids is 2. The normalized spacial score (nSPS) is 12.1. The predicted octanol–water partition coefficient (Wildman–Crippen LogP) is 7.03. The van der Waals surface area contributed by atoms with Gasteiger partial charge in [-0.3, -0.25) is 4.79 Å². The largest absolute Gasteiger partial charge is 0.478 e. The highest BCUT2D eigenvalue weighted by Crippen LogP contribution is 2.19. The molecule has 0 fully saturated rings. The number of hydrogen-bond acceptors (Lipinski definition) is 5. The molecule has 7 heteroatoms. The van der Waals surface area contributed by atoms with E-state index in [1.54, 1.807) is 23.9 Å². The number of amides is 1. The summed E-state index contributed by atoms with van der Waals surface area (Å²) < 4.78 is 5.35. The van der Waals surface area contributed by atoms with Crippen LogP contribution in [0.15, 0.2) is 36.4 Å². The van der Waals surface area contributed by atoms with E-state index in [1.807, 2.05) is 13.8 Å². The van der Waals surface area contributed by atoms with Crippen LogP contribution in [0.1, 0.15) is 102 Å². The Kier molecular flexibility index (Phi) is 17.5. The standard InChI is InChI=1S/C29H45NO5S/c1-4-5-6-7-8-9-10-11-12-13-14-17-20-36-22-27(31)30-25(21-23(2)3)29(34)35-26-19-16-15-18-24(26)28(32)33/h10-11,15-16,18-19,23,25H,4-9,12-14,17,20-22H2,1-3H3,(H,30,31)(H,32,33)/b11-10-. The van der Waals surface area contributed by atoms with Gasteiger partial charge in [-0.15, -0.1) is 0 Å². The molecular formula is C29H45NO5S. The first kappa shape index (κ1) is 31.7. The zero-order chi connectivity index (χ0) is 26.6. The van der Waals surface area contributed by atoms with Gasteiger partial charge in [0.15, 0.2) is 0 Å². The number of nitrogens with one attached hydrogen (secondary N) is 1. The molecule has 2 N–H and O–H groups in total. The Labute approximate surface area is 221 Å². The lowest BCUT2D eigenvalue weighted by atomic mass is 10.0. The summed E-state index contributed by atoms with van der Waals surface area (Å²) in [6, 6.07) is 5.17. The van der Waals surface area contributed by atoms with Crippen LogP contribution in [0.25, 0.3) is 0 Å². The second kappa shape index (κ2) is 19.9. The lowest BCUT2D eigenvalue weighted by Gasteiger charge is -2.19. The maximum atomic E-state index is 12.7. The summed E-state index contributed by atoms with van der Waals surface area (Å²) in [5, 5.41) is 12.1. The Morgan fingerprint density at radius 1 is 0.972 bits per heavy atom. The fourth-order valence-corrected chi connectivity index (χ4v) is 4.56. The zero-order valence-corrected chi connectivity index (χ0v) is 23.1. The van der Waals surface area contributed by atoms with Crippen LogP contribution >= 0.6 is 11.8 Å². The number of esters is 1. The molecule has 0 heterocycles. The van der Waals surface area contributed by atoms with Gasteiger partial charge in [0.05, 0.1) is 5.75 Å². The number of para-hydroxylation sites is 1. The van der Waals surface area contributed by atoms with E-state index in [0.29, 0.717) is 6.42 Å². The third-order valence-electron chi connectivity index (χ3n) is 5.69. The van der Waals surface area contributed by atoms with Gasteiger partial charge < -0.3 is 15.2 Å². The van der Waals surface area contributed by atoms with Crippen LogP contribution in [0.4, 0.5) is 0 Å².